The summed E-state index contributed by atoms with van der Waals surface area (Å²) < 4.78 is 4.99. The number of carboxylic acid groups (broad SMARTS) is 1. The Hall–Kier alpha value is -1.30. The maximum absolute atomic E-state index is 11.5. The van der Waals surface area contributed by atoms with Crippen molar-refractivity contribution in [1.82, 2.24) is 10.2 Å². The summed E-state index contributed by atoms with van der Waals surface area (Å²) in [5, 5.41) is 11.3. The van der Waals surface area contributed by atoms with E-state index in [0.29, 0.717) is 19.6 Å². The lowest BCUT2D eigenvalue weighted by Gasteiger charge is -2.38. The number of aliphatic carboxylic acids is 1. The van der Waals surface area contributed by atoms with Crippen molar-refractivity contribution >= 4 is 12.0 Å². The van der Waals surface area contributed by atoms with Gasteiger partial charge in [0.2, 0.25) is 0 Å². The van der Waals surface area contributed by atoms with Crippen LogP contribution in [0.5, 0.6) is 0 Å². The van der Waals surface area contributed by atoms with E-state index in [1.807, 2.05) is 6.92 Å². The Morgan fingerprint density at radius 2 is 2.19 bits per heavy atom. The summed E-state index contributed by atoms with van der Waals surface area (Å²) in [6.07, 6.45) is 0.123. The Bertz CT molecular complexity index is 264. The molecule has 0 aromatic heterocycles. The van der Waals surface area contributed by atoms with Crippen molar-refractivity contribution in [2.75, 3.05) is 26.7 Å². The molecule has 16 heavy (non-hydrogen) atoms. The highest BCUT2D eigenvalue weighted by Gasteiger charge is 2.31. The van der Waals surface area contributed by atoms with E-state index < -0.39 is 5.97 Å². The zero-order chi connectivity index (χ0) is 12.1. The predicted molar refractivity (Wildman–Crippen MR) is 57.2 cm³/mol. The highest BCUT2D eigenvalue weighted by atomic mass is 16.5. The minimum Gasteiger partial charge on any atom is -0.481 e. The summed E-state index contributed by atoms with van der Waals surface area (Å²) in [4.78, 5) is 23.5. The lowest BCUT2D eigenvalue weighted by Crippen LogP contribution is -2.55. The molecule has 1 unspecified atom stereocenters. The molecule has 1 atom stereocenters. The largest absolute Gasteiger partial charge is 0.481 e. The van der Waals surface area contributed by atoms with Crippen molar-refractivity contribution in [3.63, 3.8) is 0 Å². The van der Waals surface area contributed by atoms with Gasteiger partial charge in [-0.1, -0.05) is 0 Å². The summed E-state index contributed by atoms with van der Waals surface area (Å²) >= 11 is 0. The van der Waals surface area contributed by atoms with Gasteiger partial charge in [-0.05, 0) is 6.92 Å². The fourth-order valence-electron chi connectivity index (χ4n) is 1.54. The maximum atomic E-state index is 11.5. The molecule has 1 aliphatic heterocycles. The van der Waals surface area contributed by atoms with Crippen molar-refractivity contribution in [2.45, 2.75) is 19.4 Å². The number of nitrogens with zero attached hydrogens (tertiary/aromatic N) is 1. The van der Waals surface area contributed by atoms with Gasteiger partial charge in [-0.25, -0.2) is 4.79 Å². The molecule has 2 N–H and O–H groups in total. The number of hydrogen-bond acceptors (Lipinski definition) is 3. The lowest BCUT2D eigenvalue weighted by molar-refractivity contribution is -0.139. The highest BCUT2D eigenvalue weighted by Crippen LogP contribution is 2.18. The molecule has 1 heterocycles. The third-order valence-electron chi connectivity index (χ3n) is 2.65. The number of amides is 2. The molecule has 0 aromatic rings. The van der Waals surface area contributed by atoms with Gasteiger partial charge in [0, 0.05) is 32.7 Å². The van der Waals surface area contributed by atoms with E-state index in [9.17, 15) is 9.59 Å². The van der Waals surface area contributed by atoms with Crippen LogP contribution in [0.4, 0.5) is 4.79 Å². The number of urea groups is 1. The quantitative estimate of drug-likeness (QED) is 0.704. The number of carbonyl (C=O) groups is 2. The zero-order valence-corrected chi connectivity index (χ0v) is 9.60. The van der Waals surface area contributed by atoms with Gasteiger partial charge in [-0.2, -0.15) is 0 Å². The monoisotopic (exact) mass is 230 g/mol. The van der Waals surface area contributed by atoms with Crippen molar-refractivity contribution in [3.05, 3.63) is 0 Å². The van der Waals surface area contributed by atoms with E-state index in [2.05, 4.69) is 5.32 Å². The van der Waals surface area contributed by atoms with Gasteiger partial charge < -0.3 is 20.1 Å². The summed E-state index contributed by atoms with van der Waals surface area (Å²) in [5.74, 6) is -0.707. The predicted octanol–water partition coefficient (Wildman–Crippen LogP) is 0.137. The molecular formula is C10H18N2O4. The molecule has 0 bridgehead atoms. The molecule has 0 saturated carbocycles. The molecule has 0 radical (unpaired) electrons. The van der Waals surface area contributed by atoms with Crippen LogP contribution in [0.15, 0.2) is 0 Å². The van der Waals surface area contributed by atoms with E-state index in [-0.39, 0.29) is 24.5 Å². The van der Waals surface area contributed by atoms with E-state index in [1.165, 1.54) is 0 Å². The van der Waals surface area contributed by atoms with Crippen LogP contribution >= 0.6 is 0 Å². The molecule has 1 fully saturated rings. The van der Waals surface area contributed by atoms with Crippen LogP contribution in [-0.4, -0.2) is 54.9 Å². The van der Waals surface area contributed by atoms with E-state index >= 15 is 0 Å². The van der Waals surface area contributed by atoms with Gasteiger partial charge in [-0.15, -0.1) is 0 Å². The first kappa shape index (κ1) is 12.8. The Labute approximate surface area is 94.6 Å². The summed E-state index contributed by atoms with van der Waals surface area (Å²) in [5.41, 5.74) is 0. The van der Waals surface area contributed by atoms with E-state index in [1.54, 1.807) is 12.0 Å². The van der Waals surface area contributed by atoms with Crippen LogP contribution in [0, 0.1) is 5.92 Å². The number of likely N-dealkylation sites (tertiary alicyclic amines) is 1. The van der Waals surface area contributed by atoms with Gasteiger partial charge >= 0.3 is 12.0 Å². The first-order valence-electron chi connectivity index (χ1n) is 5.30. The fourth-order valence-corrected chi connectivity index (χ4v) is 1.54. The smallest absolute Gasteiger partial charge is 0.317 e. The molecule has 6 nitrogen and oxygen atoms in total. The van der Waals surface area contributed by atoms with Crippen LogP contribution in [-0.2, 0) is 9.53 Å². The van der Waals surface area contributed by atoms with Crippen LogP contribution in [0.1, 0.15) is 13.3 Å². The van der Waals surface area contributed by atoms with Crippen molar-refractivity contribution in [2.24, 2.45) is 5.92 Å². The first-order valence-corrected chi connectivity index (χ1v) is 5.30. The van der Waals surface area contributed by atoms with Gasteiger partial charge in [0.05, 0.1) is 12.5 Å². The van der Waals surface area contributed by atoms with Crippen molar-refractivity contribution in [1.29, 1.82) is 0 Å². The van der Waals surface area contributed by atoms with Crippen LogP contribution in [0.3, 0.4) is 0 Å². The molecule has 2 amide bonds. The van der Waals surface area contributed by atoms with Crippen molar-refractivity contribution in [3.8, 4) is 0 Å². The number of carbonyl (C=O) groups excluding carboxylic acids is 1. The number of hydrogen-bond donors (Lipinski definition) is 2. The molecule has 0 spiro atoms. The topological polar surface area (TPSA) is 78.9 Å². The summed E-state index contributed by atoms with van der Waals surface area (Å²) in [6.45, 7) is 3.39. The Morgan fingerprint density at radius 1 is 1.56 bits per heavy atom. The average Bonchev–Trinajstić information content (AvgIpc) is 2.18. The molecule has 92 valence electrons. The van der Waals surface area contributed by atoms with Crippen LogP contribution in [0.2, 0.25) is 0 Å². The minimum atomic E-state index is -0.807. The molecule has 6 heteroatoms. The normalized spacial score (nSPS) is 17.8. The van der Waals surface area contributed by atoms with E-state index in [4.69, 9.17) is 9.84 Å². The zero-order valence-electron chi connectivity index (χ0n) is 9.60. The second kappa shape index (κ2) is 5.69. The average molecular weight is 230 g/mol. The van der Waals surface area contributed by atoms with Gasteiger partial charge in [-0.3, -0.25) is 4.79 Å². The Balaban J connectivity index is 2.14. The van der Waals surface area contributed by atoms with Gasteiger partial charge in [0.25, 0.3) is 0 Å². The summed E-state index contributed by atoms with van der Waals surface area (Å²) in [7, 11) is 1.59. The molecule has 0 aromatic carbocycles. The standard InChI is InChI=1S/C10H18N2O4/c1-7(16-2)4-11-10(15)12-5-8(6-12)3-9(13)14/h7-8H,3-6H2,1-2H3,(H,11,15)(H,13,14). The third kappa shape index (κ3) is 3.69. The van der Waals surface area contributed by atoms with Gasteiger partial charge in [0.1, 0.15) is 0 Å². The molecule has 1 rings (SSSR count). The fraction of sp³-hybridized carbons (Fsp3) is 0.800. The highest BCUT2D eigenvalue weighted by molar-refractivity contribution is 5.75. The Morgan fingerprint density at radius 3 is 2.69 bits per heavy atom. The summed E-state index contributed by atoms with van der Waals surface area (Å²) in [6, 6.07) is -0.148. The maximum Gasteiger partial charge on any atom is 0.317 e. The first-order chi connectivity index (χ1) is 7.52. The van der Waals surface area contributed by atoms with Gasteiger partial charge in [0.15, 0.2) is 0 Å². The van der Waals surface area contributed by atoms with Crippen molar-refractivity contribution < 1.29 is 19.4 Å². The number of ether oxygens (including phenoxy) is 1. The third-order valence-corrected chi connectivity index (χ3v) is 2.65. The molecular weight excluding hydrogens is 212 g/mol. The molecule has 0 aliphatic carbocycles. The number of carboxylic acids is 1. The molecule has 1 aliphatic rings. The number of methoxy groups -OCH3 is 1. The second-order valence-electron chi connectivity index (χ2n) is 4.10. The number of nitrogens with one attached hydrogen (secondary N) is 1. The van der Waals surface area contributed by atoms with Crippen LogP contribution < -0.4 is 5.32 Å². The number of rotatable bonds is 5. The Kier molecular flexibility index (Phi) is 4.54. The second-order valence-corrected chi connectivity index (χ2v) is 4.10. The molecule has 1 saturated heterocycles. The van der Waals surface area contributed by atoms with E-state index in [0.717, 1.165) is 0 Å². The SMILES string of the molecule is COC(C)CNC(=O)N1CC(CC(=O)O)C1. The lowest BCUT2D eigenvalue weighted by atomic mass is 9.97. The minimum absolute atomic E-state index is 0.0138. The van der Waals surface area contributed by atoms with Crippen LogP contribution in [0.25, 0.3) is 0 Å².